The Morgan fingerprint density at radius 2 is 2.02 bits per heavy atom. The zero-order chi connectivity index (χ0) is 29.4. The standard InChI is InChI=1S/C26H42N6O7S/c1-16-8-10-32(21(12-16)25(36)39-15-19(34)14-33)24(35)20(6-4-9-29-26(27)28)31-40(37,38)22-7-3-5-18-11-17(2)13-30-23(18)22/h3,5,7,16-17,19-21,30-31,33-34H,4,6,8-15H2,1-2H3,(H4,27,28,29)/t16-,17?,19?,20+,21-/m1/s1. The van der Waals surface area contributed by atoms with Gasteiger partial charge in [-0.2, -0.15) is 4.72 Å². The second kappa shape index (κ2) is 14.1. The highest BCUT2D eigenvalue weighted by Crippen LogP contribution is 2.32. The van der Waals surface area contributed by atoms with Crippen LogP contribution >= 0.6 is 0 Å². The normalized spacial score (nSPS) is 22.4. The monoisotopic (exact) mass is 582 g/mol. The van der Waals surface area contributed by atoms with Crippen molar-refractivity contribution in [1.29, 1.82) is 0 Å². The van der Waals surface area contributed by atoms with Gasteiger partial charge in [0.25, 0.3) is 0 Å². The molecule has 1 saturated heterocycles. The first kappa shape index (κ1) is 31.6. The Hall–Kier alpha value is -2.94. The SMILES string of the molecule is CC1CNc2c(cccc2S(=O)(=O)N[C@@H](CCCN=C(N)N)C(=O)N2CC[C@@H](C)C[C@@H]2C(=O)OCC(O)CO)C1. The summed E-state index contributed by atoms with van der Waals surface area (Å²) < 4.78 is 35.1. The number of ether oxygens (including phenoxy) is 1. The van der Waals surface area contributed by atoms with E-state index in [-0.39, 0.29) is 36.3 Å². The van der Waals surface area contributed by atoms with Gasteiger partial charge < -0.3 is 36.6 Å². The molecule has 3 rings (SSSR count). The van der Waals surface area contributed by atoms with Crippen molar-refractivity contribution in [2.45, 2.75) is 69.0 Å². The Kier molecular flexibility index (Phi) is 11.1. The van der Waals surface area contributed by atoms with Gasteiger partial charge in [0, 0.05) is 19.6 Å². The van der Waals surface area contributed by atoms with E-state index in [0.29, 0.717) is 37.4 Å². The quantitative estimate of drug-likeness (QED) is 0.0806. The van der Waals surface area contributed by atoms with E-state index in [2.05, 4.69) is 22.0 Å². The number of nitrogens with zero attached hydrogens (tertiary/aromatic N) is 2. The topological polar surface area (TPSA) is 210 Å². The van der Waals surface area contributed by atoms with Crippen LogP contribution in [-0.4, -0.2) is 92.4 Å². The zero-order valence-electron chi connectivity index (χ0n) is 23.1. The first-order valence-electron chi connectivity index (χ1n) is 13.6. The summed E-state index contributed by atoms with van der Waals surface area (Å²) in [5, 5.41) is 21.8. The average molecular weight is 583 g/mol. The molecule has 1 amide bonds. The lowest BCUT2D eigenvalue weighted by Crippen LogP contribution is -2.57. The maximum Gasteiger partial charge on any atom is 0.328 e. The van der Waals surface area contributed by atoms with E-state index in [4.69, 9.17) is 21.3 Å². The van der Waals surface area contributed by atoms with Crippen LogP contribution in [0.3, 0.4) is 0 Å². The summed E-state index contributed by atoms with van der Waals surface area (Å²) >= 11 is 0. The Labute approximate surface area is 235 Å². The molecule has 1 aromatic carbocycles. The predicted molar refractivity (Wildman–Crippen MR) is 150 cm³/mol. The molecule has 0 aromatic heterocycles. The summed E-state index contributed by atoms with van der Waals surface area (Å²) in [5.74, 6) is -0.927. The van der Waals surface area contributed by atoms with Crippen LogP contribution < -0.4 is 21.5 Å². The van der Waals surface area contributed by atoms with Gasteiger partial charge in [-0.05, 0) is 55.6 Å². The van der Waals surface area contributed by atoms with Gasteiger partial charge in [-0.3, -0.25) is 9.79 Å². The number of para-hydroxylation sites is 1. The minimum Gasteiger partial charge on any atom is -0.461 e. The van der Waals surface area contributed by atoms with E-state index in [9.17, 15) is 23.1 Å². The summed E-state index contributed by atoms with van der Waals surface area (Å²) in [7, 11) is -4.15. The maximum atomic E-state index is 13.9. The molecule has 0 aliphatic carbocycles. The number of hydrogen-bond acceptors (Lipinski definition) is 9. The van der Waals surface area contributed by atoms with Crippen molar-refractivity contribution in [1.82, 2.24) is 9.62 Å². The third kappa shape index (κ3) is 8.29. The number of esters is 1. The highest BCUT2D eigenvalue weighted by molar-refractivity contribution is 7.89. The number of fused-ring (bicyclic) bond motifs is 1. The molecule has 5 atom stereocenters. The molecule has 0 saturated carbocycles. The third-order valence-electron chi connectivity index (χ3n) is 7.19. The number of sulfonamides is 1. The number of aliphatic hydroxyl groups excluding tert-OH is 2. The van der Waals surface area contributed by atoms with Crippen LogP contribution in [-0.2, 0) is 30.8 Å². The molecule has 1 fully saturated rings. The fourth-order valence-electron chi connectivity index (χ4n) is 5.04. The largest absolute Gasteiger partial charge is 0.461 e. The van der Waals surface area contributed by atoms with Crippen LogP contribution in [0.1, 0.15) is 45.1 Å². The number of benzene rings is 1. The van der Waals surface area contributed by atoms with E-state index < -0.39 is 53.3 Å². The number of amides is 1. The second-order valence-electron chi connectivity index (χ2n) is 10.7. The molecule has 2 heterocycles. The van der Waals surface area contributed by atoms with Crippen molar-refractivity contribution in [3.63, 3.8) is 0 Å². The van der Waals surface area contributed by atoms with Gasteiger partial charge in [-0.1, -0.05) is 26.0 Å². The van der Waals surface area contributed by atoms with Crippen molar-refractivity contribution in [3.05, 3.63) is 23.8 Å². The maximum absolute atomic E-state index is 13.9. The van der Waals surface area contributed by atoms with Gasteiger partial charge in [0.15, 0.2) is 5.96 Å². The van der Waals surface area contributed by atoms with Gasteiger partial charge >= 0.3 is 5.97 Å². The highest BCUT2D eigenvalue weighted by Gasteiger charge is 2.40. The van der Waals surface area contributed by atoms with Crippen molar-refractivity contribution in [2.24, 2.45) is 28.3 Å². The van der Waals surface area contributed by atoms with Crippen LogP contribution in [0.15, 0.2) is 28.1 Å². The van der Waals surface area contributed by atoms with Crippen LogP contribution in [0.4, 0.5) is 5.69 Å². The van der Waals surface area contributed by atoms with Gasteiger partial charge in [-0.15, -0.1) is 0 Å². The van der Waals surface area contributed by atoms with Crippen LogP contribution in [0, 0.1) is 11.8 Å². The summed E-state index contributed by atoms with van der Waals surface area (Å²) in [6.07, 6.45) is 0.829. The molecule has 14 heteroatoms. The summed E-state index contributed by atoms with van der Waals surface area (Å²) in [6, 6.07) is 2.92. The summed E-state index contributed by atoms with van der Waals surface area (Å²) in [4.78, 5) is 32.1. The van der Waals surface area contributed by atoms with Gasteiger partial charge in [0.05, 0.1) is 12.3 Å². The number of hydrogen-bond donors (Lipinski definition) is 6. The fourth-order valence-corrected chi connectivity index (χ4v) is 6.49. The molecule has 2 aliphatic heterocycles. The first-order valence-corrected chi connectivity index (χ1v) is 15.1. The van der Waals surface area contributed by atoms with E-state index in [0.717, 1.165) is 12.0 Å². The van der Waals surface area contributed by atoms with Gasteiger partial charge in [0.2, 0.25) is 15.9 Å². The smallest absolute Gasteiger partial charge is 0.328 e. The van der Waals surface area contributed by atoms with Gasteiger partial charge in [0.1, 0.15) is 29.7 Å². The van der Waals surface area contributed by atoms with E-state index in [1.165, 1.54) is 11.0 Å². The molecule has 1 aromatic rings. The Morgan fingerprint density at radius 1 is 1.27 bits per heavy atom. The average Bonchev–Trinajstić information content (AvgIpc) is 2.91. The van der Waals surface area contributed by atoms with E-state index in [1.54, 1.807) is 6.07 Å². The molecule has 224 valence electrons. The van der Waals surface area contributed by atoms with Crippen molar-refractivity contribution in [3.8, 4) is 0 Å². The molecular weight excluding hydrogens is 540 g/mol. The molecule has 0 spiro atoms. The Morgan fingerprint density at radius 3 is 2.73 bits per heavy atom. The number of carbonyl (C=O) groups is 2. The number of nitrogens with two attached hydrogens (primary N) is 2. The number of rotatable bonds is 12. The summed E-state index contributed by atoms with van der Waals surface area (Å²) in [5.41, 5.74) is 12.2. The highest BCUT2D eigenvalue weighted by atomic mass is 32.2. The number of carbonyl (C=O) groups excluding carboxylic acids is 2. The van der Waals surface area contributed by atoms with Crippen LogP contribution in [0.25, 0.3) is 0 Å². The minimum absolute atomic E-state index is 0.0557. The number of aliphatic hydroxyl groups is 2. The number of nitrogens with one attached hydrogen (secondary N) is 2. The third-order valence-corrected chi connectivity index (χ3v) is 8.70. The lowest BCUT2D eigenvalue weighted by molar-refractivity contribution is -0.161. The Balaban J connectivity index is 1.87. The molecule has 13 nitrogen and oxygen atoms in total. The van der Waals surface area contributed by atoms with Crippen molar-refractivity contribution in [2.75, 3.05) is 38.2 Å². The molecule has 2 unspecified atom stereocenters. The Bertz CT molecular complexity index is 1170. The van der Waals surface area contributed by atoms with Gasteiger partial charge in [-0.25, -0.2) is 13.2 Å². The zero-order valence-corrected chi connectivity index (χ0v) is 23.9. The second-order valence-corrected chi connectivity index (χ2v) is 12.4. The number of guanidine groups is 1. The fraction of sp³-hybridized carbons (Fsp3) is 0.654. The van der Waals surface area contributed by atoms with Crippen LogP contribution in [0.2, 0.25) is 0 Å². The number of aliphatic imine (C=N–C) groups is 1. The minimum atomic E-state index is -4.15. The molecule has 0 radical (unpaired) electrons. The lowest BCUT2D eigenvalue weighted by Gasteiger charge is -2.39. The predicted octanol–water partition coefficient (Wildman–Crippen LogP) is -0.485. The van der Waals surface area contributed by atoms with Crippen molar-refractivity contribution >= 4 is 33.5 Å². The van der Waals surface area contributed by atoms with Crippen molar-refractivity contribution < 1.29 is 33.0 Å². The van der Waals surface area contributed by atoms with E-state index >= 15 is 0 Å². The molecular formula is C26H42N6O7S. The summed E-state index contributed by atoms with van der Waals surface area (Å²) in [6.45, 7) is 4.08. The van der Waals surface area contributed by atoms with E-state index in [1.807, 2.05) is 13.0 Å². The van der Waals surface area contributed by atoms with Crippen LogP contribution in [0.5, 0.6) is 0 Å². The first-order chi connectivity index (χ1) is 18.9. The molecule has 8 N–H and O–H groups in total. The lowest BCUT2D eigenvalue weighted by atomic mass is 9.91. The molecule has 2 aliphatic rings. The number of piperidine rings is 1. The number of anilines is 1. The number of likely N-dealkylation sites (tertiary alicyclic amines) is 1. The molecule has 0 bridgehead atoms. The molecule has 40 heavy (non-hydrogen) atoms.